The number of hydrogen-bond donors (Lipinski definition) is 1. The van der Waals surface area contributed by atoms with Crippen LogP contribution in [0.2, 0.25) is 5.02 Å². The number of benzene rings is 1. The molecule has 0 aliphatic carbocycles. The molecule has 1 atom stereocenters. The van der Waals surface area contributed by atoms with Crippen molar-refractivity contribution in [1.82, 2.24) is 10.2 Å². The van der Waals surface area contributed by atoms with Crippen molar-refractivity contribution in [3.63, 3.8) is 0 Å². The van der Waals surface area contributed by atoms with Gasteiger partial charge in [-0.15, -0.1) is 11.3 Å². The Balaban J connectivity index is 1.47. The molecule has 2 aromatic rings. The molecule has 0 radical (unpaired) electrons. The second-order valence-corrected chi connectivity index (χ2v) is 8.10. The van der Waals surface area contributed by atoms with Crippen LogP contribution in [0.3, 0.4) is 0 Å². The highest BCUT2D eigenvalue weighted by Gasteiger charge is 2.22. The van der Waals surface area contributed by atoms with Gasteiger partial charge in [0.15, 0.2) is 6.61 Å². The number of carbonyl (C=O) groups excluding carboxylic acids is 3. The van der Waals surface area contributed by atoms with Gasteiger partial charge in [-0.25, -0.2) is 0 Å². The van der Waals surface area contributed by atoms with Crippen LogP contribution in [-0.2, 0) is 14.3 Å². The van der Waals surface area contributed by atoms with E-state index < -0.39 is 11.9 Å². The minimum absolute atomic E-state index is 0.200. The summed E-state index contributed by atoms with van der Waals surface area (Å²) in [5.74, 6) is -0.828. The summed E-state index contributed by atoms with van der Waals surface area (Å²) in [7, 11) is 0. The summed E-state index contributed by atoms with van der Waals surface area (Å²) < 4.78 is 5.89. The number of piperidine rings is 1. The molecule has 2 amide bonds. The van der Waals surface area contributed by atoms with E-state index in [1.54, 1.807) is 4.90 Å². The number of nitrogens with one attached hydrogen (secondary N) is 1. The molecule has 3 rings (SSSR count). The molecule has 0 bridgehead atoms. The summed E-state index contributed by atoms with van der Waals surface area (Å²) in [5.41, 5.74) is 0. The Kier molecular flexibility index (Phi) is 6.34. The third kappa shape index (κ3) is 4.78. The monoisotopic (exact) mass is 408 g/mol. The van der Waals surface area contributed by atoms with Crippen LogP contribution in [0.15, 0.2) is 24.3 Å². The molecule has 0 spiro atoms. The zero-order valence-corrected chi connectivity index (χ0v) is 16.6. The number of fused-ring (bicyclic) bond motifs is 1. The topological polar surface area (TPSA) is 75.7 Å². The first-order valence-corrected chi connectivity index (χ1v) is 10.0. The molecule has 1 aromatic heterocycles. The van der Waals surface area contributed by atoms with E-state index in [0.717, 1.165) is 22.9 Å². The van der Waals surface area contributed by atoms with Crippen molar-refractivity contribution in [2.24, 2.45) is 5.92 Å². The lowest BCUT2D eigenvalue weighted by atomic mass is 10.0. The Morgan fingerprint density at radius 3 is 2.85 bits per heavy atom. The summed E-state index contributed by atoms with van der Waals surface area (Å²) in [5, 5.41) is 3.67. The Labute approximate surface area is 166 Å². The van der Waals surface area contributed by atoms with Gasteiger partial charge in [-0.1, -0.05) is 36.7 Å². The van der Waals surface area contributed by atoms with Gasteiger partial charge in [0.2, 0.25) is 0 Å². The fraction of sp³-hybridized carbons (Fsp3) is 0.421. The van der Waals surface area contributed by atoms with Crippen LogP contribution in [0.25, 0.3) is 10.1 Å². The van der Waals surface area contributed by atoms with Crippen molar-refractivity contribution in [3.8, 4) is 0 Å². The number of esters is 1. The van der Waals surface area contributed by atoms with Crippen LogP contribution >= 0.6 is 22.9 Å². The molecule has 1 N–H and O–H groups in total. The lowest BCUT2D eigenvalue weighted by Gasteiger charge is -2.30. The molecular formula is C19H21ClN2O4S. The van der Waals surface area contributed by atoms with E-state index in [2.05, 4.69) is 12.2 Å². The Morgan fingerprint density at radius 1 is 1.33 bits per heavy atom. The molecule has 144 valence electrons. The molecule has 1 aromatic carbocycles. The Morgan fingerprint density at radius 2 is 2.11 bits per heavy atom. The lowest BCUT2D eigenvalue weighted by Crippen LogP contribution is -2.42. The number of nitrogens with zero attached hydrogens (tertiary/aromatic N) is 1. The normalized spacial score (nSPS) is 17.0. The van der Waals surface area contributed by atoms with Gasteiger partial charge >= 0.3 is 5.97 Å². The average Bonchev–Trinajstić information content (AvgIpc) is 3.01. The van der Waals surface area contributed by atoms with Crippen LogP contribution in [-0.4, -0.2) is 48.9 Å². The number of thiophene rings is 1. The van der Waals surface area contributed by atoms with Gasteiger partial charge in [-0.05, 0) is 24.8 Å². The zero-order chi connectivity index (χ0) is 19.4. The van der Waals surface area contributed by atoms with Crippen LogP contribution in [0.1, 0.15) is 29.4 Å². The molecule has 1 saturated heterocycles. The molecule has 6 nitrogen and oxygen atoms in total. The van der Waals surface area contributed by atoms with E-state index in [4.69, 9.17) is 16.3 Å². The van der Waals surface area contributed by atoms with Gasteiger partial charge < -0.3 is 15.0 Å². The largest absolute Gasteiger partial charge is 0.454 e. The number of carbonyl (C=O) groups is 3. The Hall–Kier alpha value is -2.12. The molecule has 1 aliphatic heterocycles. The third-order valence-electron chi connectivity index (χ3n) is 4.50. The van der Waals surface area contributed by atoms with E-state index in [9.17, 15) is 14.4 Å². The Bertz CT molecular complexity index is 867. The minimum atomic E-state index is -0.654. The van der Waals surface area contributed by atoms with Gasteiger partial charge in [0.05, 0.1) is 5.02 Å². The third-order valence-corrected chi connectivity index (χ3v) is 6.17. The van der Waals surface area contributed by atoms with Crippen LogP contribution in [0.5, 0.6) is 0 Å². The number of likely N-dealkylation sites (tertiary alicyclic amines) is 1. The highest BCUT2D eigenvalue weighted by molar-refractivity contribution is 7.21. The average molecular weight is 409 g/mol. The summed E-state index contributed by atoms with van der Waals surface area (Å²) in [6, 6.07) is 7.44. The SMILES string of the molecule is C[C@@H]1CCCN(C(=O)COC(=O)CNC(=O)c2sc3ccccc3c2Cl)C1. The number of ether oxygens (including phenoxy) is 1. The molecule has 0 unspecified atom stereocenters. The molecule has 0 saturated carbocycles. The zero-order valence-electron chi connectivity index (χ0n) is 15.0. The molecule has 8 heteroatoms. The maximum absolute atomic E-state index is 12.3. The van der Waals surface area contributed by atoms with Crippen molar-refractivity contribution in [1.29, 1.82) is 0 Å². The van der Waals surface area contributed by atoms with Crippen LogP contribution in [0, 0.1) is 5.92 Å². The number of rotatable bonds is 5. The van der Waals surface area contributed by atoms with Gasteiger partial charge in [0, 0.05) is 23.2 Å². The van der Waals surface area contributed by atoms with Crippen molar-refractivity contribution >= 4 is 50.8 Å². The van der Waals surface area contributed by atoms with E-state index in [1.165, 1.54) is 11.3 Å². The van der Waals surface area contributed by atoms with Crippen LogP contribution in [0.4, 0.5) is 0 Å². The van der Waals surface area contributed by atoms with E-state index in [0.29, 0.717) is 28.9 Å². The summed E-state index contributed by atoms with van der Waals surface area (Å²) in [4.78, 5) is 38.3. The summed E-state index contributed by atoms with van der Waals surface area (Å²) in [6.45, 7) is 2.87. The van der Waals surface area contributed by atoms with Crippen molar-refractivity contribution < 1.29 is 19.1 Å². The predicted molar refractivity (Wildman–Crippen MR) is 105 cm³/mol. The van der Waals surface area contributed by atoms with Gasteiger partial charge in [0.25, 0.3) is 11.8 Å². The van der Waals surface area contributed by atoms with E-state index >= 15 is 0 Å². The maximum atomic E-state index is 12.3. The smallest absolute Gasteiger partial charge is 0.325 e. The fourth-order valence-electron chi connectivity index (χ4n) is 3.09. The molecule has 1 aliphatic rings. The molecule has 1 fully saturated rings. The molecule has 2 heterocycles. The summed E-state index contributed by atoms with van der Waals surface area (Å²) >= 11 is 7.52. The first-order chi connectivity index (χ1) is 13.0. The summed E-state index contributed by atoms with van der Waals surface area (Å²) in [6.07, 6.45) is 2.07. The van der Waals surface area contributed by atoms with Gasteiger partial charge in [0.1, 0.15) is 11.4 Å². The van der Waals surface area contributed by atoms with Gasteiger partial charge in [-0.3, -0.25) is 14.4 Å². The van der Waals surface area contributed by atoms with Crippen molar-refractivity contribution in [2.75, 3.05) is 26.2 Å². The fourth-order valence-corrected chi connectivity index (χ4v) is 4.53. The molecular weight excluding hydrogens is 388 g/mol. The second kappa shape index (κ2) is 8.71. The molecule has 27 heavy (non-hydrogen) atoms. The number of amides is 2. The van der Waals surface area contributed by atoms with E-state index in [1.807, 2.05) is 24.3 Å². The first kappa shape index (κ1) is 19.6. The highest BCUT2D eigenvalue weighted by Crippen LogP contribution is 2.34. The highest BCUT2D eigenvalue weighted by atomic mass is 35.5. The maximum Gasteiger partial charge on any atom is 0.325 e. The predicted octanol–water partition coefficient (Wildman–Crippen LogP) is 3.09. The van der Waals surface area contributed by atoms with Gasteiger partial charge in [-0.2, -0.15) is 0 Å². The number of halogens is 1. The first-order valence-electron chi connectivity index (χ1n) is 8.84. The minimum Gasteiger partial charge on any atom is -0.454 e. The van der Waals surface area contributed by atoms with Crippen LogP contribution < -0.4 is 5.32 Å². The lowest BCUT2D eigenvalue weighted by molar-refractivity contribution is -0.151. The van der Waals surface area contributed by atoms with Crippen molar-refractivity contribution in [3.05, 3.63) is 34.2 Å². The number of hydrogen-bond acceptors (Lipinski definition) is 5. The van der Waals surface area contributed by atoms with E-state index in [-0.39, 0.29) is 19.1 Å². The quantitative estimate of drug-likeness (QED) is 0.771. The second-order valence-electron chi connectivity index (χ2n) is 6.67. The standard InChI is InChI=1S/C19H21ClN2O4S/c1-12-5-4-8-22(10-12)15(23)11-26-16(24)9-21-19(25)18-17(20)13-6-2-3-7-14(13)27-18/h2-3,6-7,12H,4-5,8-11H2,1H3,(H,21,25)/t12-/m1/s1. The van der Waals surface area contributed by atoms with Crippen molar-refractivity contribution in [2.45, 2.75) is 19.8 Å².